The average molecular weight is 317 g/mol. The molecule has 124 valence electrons. The van der Waals surface area contributed by atoms with Crippen LogP contribution in [0.4, 0.5) is 4.79 Å². The Balaban J connectivity index is 2.72. The predicted molar refractivity (Wildman–Crippen MR) is 87.9 cm³/mol. The maximum absolute atomic E-state index is 12.2. The Morgan fingerprint density at radius 1 is 1.48 bits per heavy atom. The summed E-state index contributed by atoms with van der Waals surface area (Å²) in [5.41, 5.74) is 0.823. The summed E-state index contributed by atoms with van der Waals surface area (Å²) in [6, 6.07) is 9.21. The second kappa shape index (κ2) is 8.30. The zero-order chi connectivity index (χ0) is 17.5. The van der Waals surface area contributed by atoms with Gasteiger partial charge < -0.3 is 9.47 Å². The van der Waals surface area contributed by atoms with Crippen LogP contribution in [0.3, 0.4) is 0 Å². The van der Waals surface area contributed by atoms with Crippen molar-refractivity contribution in [2.24, 2.45) is 4.99 Å². The summed E-state index contributed by atoms with van der Waals surface area (Å²) in [7, 11) is 1.57. The molecule has 6 heteroatoms. The van der Waals surface area contributed by atoms with Gasteiger partial charge in [-0.2, -0.15) is 5.26 Å². The quantitative estimate of drug-likeness (QED) is 0.474. The smallest absolute Gasteiger partial charge is 0.417 e. The largest absolute Gasteiger partial charge is 0.443 e. The van der Waals surface area contributed by atoms with Crippen LogP contribution < -0.4 is 0 Å². The van der Waals surface area contributed by atoms with Gasteiger partial charge in [0.2, 0.25) is 0 Å². The van der Waals surface area contributed by atoms with Crippen LogP contribution in [0, 0.1) is 11.3 Å². The van der Waals surface area contributed by atoms with Gasteiger partial charge in [0, 0.05) is 7.05 Å². The average Bonchev–Trinajstić information content (AvgIpc) is 2.48. The maximum Gasteiger partial charge on any atom is 0.417 e. The van der Waals surface area contributed by atoms with Crippen molar-refractivity contribution in [3.63, 3.8) is 0 Å². The third-order valence-electron chi connectivity index (χ3n) is 2.78. The first-order chi connectivity index (χ1) is 10.8. The minimum Gasteiger partial charge on any atom is -0.443 e. The number of carbonyl (C=O) groups is 1. The van der Waals surface area contributed by atoms with Crippen molar-refractivity contribution in [3.8, 4) is 6.07 Å². The topological polar surface area (TPSA) is 74.9 Å². The summed E-state index contributed by atoms with van der Waals surface area (Å²) in [6.45, 7) is 7.40. The van der Waals surface area contributed by atoms with Gasteiger partial charge in [-0.25, -0.2) is 9.69 Å². The van der Waals surface area contributed by atoms with E-state index in [0.717, 1.165) is 5.56 Å². The zero-order valence-electron chi connectivity index (χ0n) is 14.2. The fourth-order valence-corrected chi connectivity index (χ4v) is 1.76. The van der Waals surface area contributed by atoms with E-state index in [1.807, 2.05) is 6.07 Å². The number of carbonyl (C=O) groups excluding carboxylic acids is 1. The van der Waals surface area contributed by atoms with Crippen LogP contribution in [0.5, 0.6) is 0 Å². The van der Waals surface area contributed by atoms with E-state index in [1.165, 1.54) is 11.2 Å². The molecule has 0 aliphatic heterocycles. The zero-order valence-corrected chi connectivity index (χ0v) is 14.2. The van der Waals surface area contributed by atoms with Crippen LogP contribution in [-0.4, -0.2) is 36.2 Å². The van der Waals surface area contributed by atoms with E-state index in [0.29, 0.717) is 5.56 Å². The van der Waals surface area contributed by atoms with Crippen LogP contribution in [0.25, 0.3) is 0 Å². The summed E-state index contributed by atoms with van der Waals surface area (Å²) < 4.78 is 11.0. The van der Waals surface area contributed by atoms with Crippen molar-refractivity contribution in [2.75, 3.05) is 7.05 Å². The van der Waals surface area contributed by atoms with Crippen LogP contribution in [0.1, 0.15) is 38.8 Å². The normalized spacial score (nSPS) is 12.7. The molecule has 0 radical (unpaired) electrons. The first kappa shape index (κ1) is 18.7. The molecule has 1 rings (SSSR count). The summed E-state index contributed by atoms with van der Waals surface area (Å²) in [6.07, 6.45) is 0.297. The third kappa shape index (κ3) is 6.49. The fraction of sp³-hybridized carbons (Fsp3) is 0.471. The summed E-state index contributed by atoms with van der Waals surface area (Å²) >= 11 is 0. The highest BCUT2D eigenvalue weighted by Gasteiger charge is 2.25. The Labute approximate surface area is 137 Å². The number of aliphatic imine (C=N–C) groups is 1. The molecule has 0 saturated carbocycles. The second-order valence-corrected chi connectivity index (χ2v) is 5.98. The van der Waals surface area contributed by atoms with E-state index >= 15 is 0 Å². The van der Waals surface area contributed by atoms with Crippen molar-refractivity contribution in [3.05, 3.63) is 35.4 Å². The number of hydrogen-bond acceptors (Lipinski definition) is 5. The lowest BCUT2D eigenvalue weighted by Crippen LogP contribution is -2.42. The highest BCUT2D eigenvalue weighted by atomic mass is 16.6. The van der Waals surface area contributed by atoms with Gasteiger partial charge in [-0.05, 0) is 45.4 Å². The molecular formula is C17H23N3O3. The molecular weight excluding hydrogens is 294 g/mol. The Hall–Kier alpha value is -2.39. The minimum atomic E-state index is -0.599. The van der Waals surface area contributed by atoms with E-state index in [9.17, 15) is 4.79 Å². The number of nitriles is 1. The Bertz CT molecular complexity index is 600. The Morgan fingerprint density at radius 3 is 2.74 bits per heavy atom. The van der Waals surface area contributed by atoms with Gasteiger partial charge in [0.15, 0.2) is 0 Å². The Morgan fingerprint density at radius 2 is 2.17 bits per heavy atom. The number of amides is 1. The van der Waals surface area contributed by atoms with Crippen molar-refractivity contribution in [1.82, 2.24) is 4.90 Å². The molecule has 23 heavy (non-hydrogen) atoms. The van der Waals surface area contributed by atoms with Crippen molar-refractivity contribution in [1.29, 1.82) is 5.26 Å². The molecule has 0 bridgehead atoms. The van der Waals surface area contributed by atoms with Crippen molar-refractivity contribution < 1.29 is 14.3 Å². The first-order valence-corrected chi connectivity index (χ1v) is 7.31. The molecule has 0 N–H and O–H groups in total. The van der Waals surface area contributed by atoms with Crippen molar-refractivity contribution >= 4 is 12.4 Å². The Kier molecular flexibility index (Phi) is 6.73. The van der Waals surface area contributed by atoms with Crippen LogP contribution in [0.2, 0.25) is 0 Å². The lowest BCUT2D eigenvalue weighted by molar-refractivity contribution is -0.0370. The summed E-state index contributed by atoms with van der Waals surface area (Å²) in [5.74, 6) is 0. The molecule has 0 aromatic heterocycles. The summed E-state index contributed by atoms with van der Waals surface area (Å²) in [4.78, 5) is 17.4. The predicted octanol–water partition coefficient (Wildman–Crippen LogP) is 3.32. The van der Waals surface area contributed by atoms with E-state index in [2.05, 4.69) is 11.1 Å². The number of rotatable bonds is 5. The van der Waals surface area contributed by atoms with Gasteiger partial charge >= 0.3 is 6.09 Å². The molecule has 1 amide bonds. The van der Waals surface area contributed by atoms with E-state index in [-0.39, 0.29) is 6.61 Å². The lowest BCUT2D eigenvalue weighted by Gasteiger charge is -2.28. The molecule has 0 aliphatic rings. The highest BCUT2D eigenvalue weighted by Crippen LogP contribution is 2.13. The van der Waals surface area contributed by atoms with Crippen molar-refractivity contribution in [2.45, 2.75) is 46.1 Å². The molecule has 6 nitrogen and oxygen atoms in total. The number of ether oxygens (including phenoxy) is 2. The molecule has 0 saturated heterocycles. The van der Waals surface area contributed by atoms with Crippen LogP contribution in [0.15, 0.2) is 29.3 Å². The number of hydrogen-bond donors (Lipinski definition) is 0. The standard InChI is InChI=1S/C17H23N3O3/c1-13(20(12-19-5)16(21)23-17(2,3)4)22-11-15-8-6-7-14(9-15)10-18/h6-9,12-13H,11H2,1-5H3. The minimum absolute atomic E-state index is 0.271. The van der Waals surface area contributed by atoms with E-state index < -0.39 is 17.9 Å². The van der Waals surface area contributed by atoms with Gasteiger partial charge in [0.1, 0.15) is 11.8 Å². The summed E-state index contributed by atoms with van der Waals surface area (Å²) in [5, 5.41) is 8.90. The van der Waals surface area contributed by atoms with Gasteiger partial charge in [-0.3, -0.25) is 4.99 Å². The lowest BCUT2D eigenvalue weighted by atomic mass is 10.1. The third-order valence-corrected chi connectivity index (χ3v) is 2.78. The van der Waals surface area contributed by atoms with Gasteiger partial charge in [-0.1, -0.05) is 12.1 Å². The SMILES string of the molecule is CN=CN(C(=O)OC(C)(C)C)C(C)OCc1cccc(C#N)c1. The first-order valence-electron chi connectivity index (χ1n) is 7.31. The van der Waals surface area contributed by atoms with Crippen LogP contribution >= 0.6 is 0 Å². The van der Waals surface area contributed by atoms with Gasteiger partial charge in [-0.15, -0.1) is 0 Å². The second-order valence-electron chi connectivity index (χ2n) is 5.98. The molecule has 0 fully saturated rings. The molecule has 1 atom stereocenters. The number of nitrogens with zero attached hydrogens (tertiary/aromatic N) is 3. The van der Waals surface area contributed by atoms with E-state index in [1.54, 1.807) is 52.9 Å². The van der Waals surface area contributed by atoms with Gasteiger partial charge in [0.25, 0.3) is 0 Å². The van der Waals surface area contributed by atoms with Gasteiger partial charge in [0.05, 0.1) is 24.6 Å². The molecule has 0 spiro atoms. The van der Waals surface area contributed by atoms with Crippen LogP contribution in [-0.2, 0) is 16.1 Å². The fourth-order valence-electron chi connectivity index (χ4n) is 1.76. The molecule has 1 aromatic rings. The highest BCUT2D eigenvalue weighted by molar-refractivity contribution is 5.82. The monoisotopic (exact) mass is 317 g/mol. The molecule has 1 aromatic carbocycles. The maximum atomic E-state index is 12.2. The molecule has 1 unspecified atom stereocenters. The van der Waals surface area contributed by atoms with E-state index in [4.69, 9.17) is 14.7 Å². The number of benzene rings is 1. The molecule has 0 aliphatic carbocycles. The molecule has 0 heterocycles.